The average Bonchev–Trinajstić information content (AvgIpc) is 3.76. The van der Waals surface area contributed by atoms with Gasteiger partial charge in [-0.05, 0) is 73.5 Å². The summed E-state index contributed by atoms with van der Waals surface area (Å²) in [5, 5.41) is 10.8. The number of oxazole rings is 2. The fourth-order valence-electron chi connectivity index (χ4n) is 7.18. The van der Waals surface area contributed by atoms with Crippen molar-refractivity contribution in [3.63, 3.8) is 0 Å². The van der Waals surface area contributed by atoms with E-state index in [0.717, 1.165) is 0 Å². The van der Waals surface area contributed by atoms with Gasteiger partial charge in [0.15, 0.2) is 11.2 Å². The van der Waals surface area contributed by atoms with Crippen LogP contribution in [0.25, 0.3) is 45.1 Å². The van der Waals surface area contributed by atoms with Crippen LogP contribution in [-0.2, 0) is 4.74 Å². The molecular weight excluding hydrogens is 861 g/mol. The Balaban J connectivity index is 0.000000160. The number of methoxy groups -OCH3 is 1. The Morgan fingerprint density at radius 2 is 1.14 bits per heavy atom. The minimum atomic E-state index is -1.16. The molecule has 0 unspecified atom stereocenters. The van der Waals surface area contributed by atoms with E-state index in [2.05, 4.69) is 19.9 Å². The van der Waals surface area contributed by atoms with E-state index in [9.17, 15) is 23.5 Å². The number of aromatic carboxylic acids is 1. The lowest BCUT2D eigenvalue weighted by molar-refractivity contribution is 0.0600. The zero-order chi connectivity index (χ0) is 43.8. The molecule has 0 spiro atoms. The Kier molecular flexibility index (Phi) is 11.2. The number of carboxylic acid groups (broad SMARTS) is 1. The molecule has 0 bridgehead atoms. The van der Waals surface area contributed by atoms with E-state index >= 15 is 0 Å². The number of halogens is 4. The summed E-state index contributed by atoms with van der Waals surface area (Å²) in [7, 11) is 1.29. The first-order valence-electron chi connectivity index (χ1n) is 19.4. The molecule has 14 nitrogen and oxygen atoms in total. The van der Waals surface area contributed by atoms with Crippen LogP contribution >= 0.6 is 23.2 Å². The molecule has 0 aliphatic carbocycles. The number of aromatic nitrogens is 4. The zero-order valence-corrected chi connectivity index (χ0v) is 34.5. The van der Waals surface area contributed by atoms with Gasteiger partial charge in [-0.2, -0.15) is 0 Å². The van der Waals surface area contributed by atoms with Gasteiger partial charge in [-0.3, -0.25) is 0 Å². The average molecular weight is 894 g/mol. The fourth-order valence-corrected chi connectivity index (χ4v) is 7.51. The molecule has 4 aromatic carbocycles. The third-order valence-electron chi connectivity index (χ3n) is 10.1. The van der Waals surface area contributed by atoms with Crippen molar-refractivity contribution in [1.82, 2.24) is 19.9 Å². The number of rotatable bonds is 6. The van der Waals surface area contributed by atoms with Crippen LogP contribution in [0.3, 0.4) is 0 Å². The van der Waals surface area contributed by atoms with Crippen LogP contribution in [0.4, 0.5) is 31.8 Å². The number of nitrogens with zero attached hydrogens (tertiary/aromatic N) is 6. The molecule has 0 radical (unpaired) electrons. The second-order valence-electron chi connectivity index (χ2n) is 14.2. The van der Waals surface area contributed by atoms with E-state index in [1.54, 1.807) is 59.5 Å². The summed E-state index contributed by atoms with van der Waals surface area (Å²) < 4.78 is 55.8. The molecule has 1 N–H and O–H groups in total. The molecular formula is C45H32Cl2F2N6O8. The molecule has 18 heteroatoms. The number of hydrogen-bond donors (Lipinski definition) is 1. The first-order valence-corrected chi connectivity index (χ1v) is 20.1. The number of carboxylic acids is 1. The molecule has 6 heterocycles. The topological polar surface area (TPSA) is 166 Å². The van der Waals surface area contributed by atoms with Crippen LogP contribution in [0, 0.1) is 11.6 Å². The highest BCUT2D eigenvalue weighted by atomic mass is 35.5. The third kappa shape index (κ3) is 8.37. The van der Waals surface area contributed by atoms with E-state index in [4.69, 9.17) is 46.2 Å². The van der Waals surface area contributed by atoms with Crippen LogP contribution in [0.2, 0.25) is 10.0 Å². The summed E-state index contributed by atoms with van der Waals surface area (Å²) in [5.41, 5.74) is 3.89. The lowest BCUT2D eigenvalue weighted by Gasteiger charge is -2.23. The number of hydrogen-bond acceptors (Lipinski definition) is 13. The molecule has 0 saturated heterocycles. The first-order chi connectivity index (χ1) is 30.5. The Labute approximate surface area is 366 Å². The number of ether oxygens (including phenoxy) is 3. The standard InChI is InChI=1S/C23H17ClFN3O4.C22H15ClFN3O4/c1-30-23(29)15-11-21(28-7-2-8-31-19-6-4-14(25)10-18(19)28)26-12-16(15)22-27-17-5-3-13(24)9-20(17)32-22;23-12-2-4-16-19(8-12)31-21(26-16)15-11-25-20(10-14(15)22(28)29)27-6-1-7-30-18-5-3-13(24)9-17(18)27/h3-6,9-12H,2,7-8H2,1H3;2-5,8-11H,1,6-7H2,(H,28,29). The summed E-state index contributed by atoms with van der Waals surface area (Å²) >= 11 is 12.0. The van der Waals surface area contributed by atoms with Crippen molar-refractivity contribution in [2.75, 3.05) is 43.2 Å². The summed E-state index contributed by atoms with van der Waals surface area (Å²) in [6.07, 6.45) is 4.25. The van der Waals surface area contributed by atoms with Crippen molar-refractivity contribution in [2.24, 2.45) is 0 Å². The minimum Gasteiger partial charge on any atom is -0.491 e. The molecule has 0 amide bonds. The molecule has 4 aromatic heterocycles. The van der Waals surface area contributed by atoms with Gasteiger partial charge in [-0.1, -0.05) is 23.2 Å². The number of anilines is 4. The molecule has 0 atom stereocenters. The zero-order valence-electron chi connectivity index (χ0n) is 33.0. The van der Waals surface area contributed by atoms with Crippen molar-refractivity contribution in [3.05, 3.63) is 130 Å². The van der Waals surface area contributed by atoms with E-state index in [1.165, 1.54) is 49.8 Å². The Morgan fingerprint density at radius 1 is 0.667 bits per heavy atom. The third-order valence-corrected chi connectivity index (χ3v) is 10.6. The molecule has 0 saturated carbocycles. The van der Waals surface area contributed by atoms with Gasteiger partial charge in [-0.25, -0.2) is 38.3 Å². The predicted octanol–water partition coefficient (Wildman–Crippen LogP) is 10.7. The minimum absolute atomic E-state index is 0.0363. The molecule has 0 fully saturated rings. The number of esters is 1. The normalized spacial score (nSPS) is 13.5. The smallest absolute Gasteiger partial charge is 0.338 e. The van der Waals surface area contributed by atoms with E-state index in [1.807, 2.05) is 4.90 Å². The number of carbonyl (C=O) groups is 2. The monoisotopic (exact) mass is 892 g/mol. The van der Waals surface area contributed by atoms with Gasteiger partial charge >= 0.3 is 11.9 Å². The van der Waals surface area contributed by atoms with Crippen molar-refractivity contribution in [3.8, 4) is 34.4 Å². The van der Waals surface area contributed by atoms with Crippen molar-refractivity contribution < 1.29 is 46.5 Å². The van der Waals surface area contributed by atoms with Crippen LogP contribution in [0.5, 0.6) is 11.5 Å². The quantitative estimate of drug-likeness (QED) is 0.157. The van der Waals surface area contributed by atoms with Gasteiger partial charge in [0.05, 0.1) is 54.0 Å². The molecule has 63 heavy (non-hydrogen) atoms. The number of pyridine rings is 2. The number of carbonyl (C=O) groups excluding carboxylic acids is 1. The van der Waals surface area contributed by atoms with E-state index < -0.39 is 23.6 Å². The van der Waals surface area contributed by atoms with Crippen molar-refractivity contribution in [2.45, 2.75) is 12.8 Å². The molecule has 318 valence electrons. The van der Waals surface area contributed by atoms with Gasteiger partial charge in [0.1, 0.15) is 45.8 Å². The highest BCUT2D eigenvalue weighted by Crippen LogP contribution is 2.40. The highest BCUT2D eigenvalue weighted by Gasteiger charge is 2.26. The predicted molar refractivity (Wildman–Crippen MR) is 230 cm³/mol. The van der Waals surface area contributed by atoms with Gasteiger partial charge in [0, 0.05) is 59.8 Å². The van der Waals surface area contributed by atoms with Crippen LogP contribution < -0.4 is 19.3 Å². The summed E-state index contributed by atoms with van der Waals surface area (Å²) in [4.78, 5) is 46.0. The van der Waals surface area contributed by atoms with Gasteiger partial charge < -0.3 is 38.0 Å². The lowest BCUT2D eigenvalue weighted by atomic mass is 10.1. The molecule has 2 aliphatic heterocycles. The lowest BCUT2D eigenvalue weighted by Crippen LogP contribution is -2.20. The number of fused-ring (bicyclic) bond motifs is 4. The fraction of sp³-hybridized carbons (Fsp3) is 0.156. The van der Waals surface area contributed by atoms with Gasteiger partial charge in [-0.15, -0.1) is 0 Å². The largest absolute Gasteiger partial charge is 0.491 e. The van der Waals surface area contributed by atoms with Crippen molar-refractivity contribution >= 4 is 80.4 Å². The van der Waals surface area contributed by atoms with E-state index in [0.29, 0.717) is 111 Å². The van der Waals surface area contributed by atoms with Gasteiger partial charge in [0.2, 0.25) is 11.8 Å². The molecule has 8 aromatic rings. The number of benzene rings is 4. The second-order valence-corrected chi connectivity index (χ2v) is 15.0. The Morgan fingerprint density at radius 3 is 1.62 bits per heavy atom. The maximum atomic E-state index is 14.0. The van der Waals surface area contributed by atoms with Crippen LogP contribution in [0.1, 0.15) is 33.6 Å². The van der Waals surface area contributed by atoms with Crippen molar-refractivity contribution in [1.29, 1.82) is 0 Å². The second kappa shape index (κ2) is 17.2. The SMILES string of the molecule is COC(=O)c1cc(N2CCCOc3ccc(F)cc32)ncc1-c1nc2ccc(Cl)cc2o1.O=C(O)c1cc(N2CCCOc3ccc(F)cc32)ncc1-c1nc2ccc(Cl)cc2o1. The van der Waals surface area contributed by atoms with Crippen LogP contribution in [0.15, 0.2) is 106 Å². The summed E-state index contributed by atoms with van der Waals surface area (Å²) in [5.74, 6) is -0.347. The van der Waals surface area contributed by atoms with Gasteiger partial charge in [0.25, 0.3) is 0 Å². The highest BCUT2D eigenvalue weighted by molar-refractivity contribution is 6.31. The van der Waals surface area contributed by atoms with E-state index in [-0.39, 0.29) is 28.5 Å². The Bertz CT molecular complexity index is 3070. The molecule has 10 rings (SSSR count). The first kappa shape index (κ1) is 41.1. The molecule has 2 aliphatic rings. The maximum absolute atomic E-state index is 14.0. The Hall–Kier alpha value is -7.30. The maximum Gasteiger partial charge on any atom is 0.338 e. The summed E-state index contributed by atoms with van der Waals surface area (Å²) in [6, 6.07) is 21.6. The summed E-state index contributed by atoms with van der Waals surface area (Å²) in [6.45, 7) is 1.97. The van der Waals surface area contributed by atoms with Crippen LogP contribution in [-0.4, -0.2) is 70.4 Å².